The van der Waals surface area contributed by atoms with Crippen LogP contribution in [0.3, 0.4) is 0 Å². The topological polar surface area (TPSA) is 105 Å². The smallest absolute Gasteiger partial charge is 0.343 e. The molecule has 0 saturated carbocycles. The fourth-order valence-corrected chi connectivity index (χ4v) is 3.65. The molecule has 1 amide bonds. The molecule has 1 N–H and O–H groups in total. The first-order valence-electron chi connectivity index (χ1n) is 13.4. The zero-order valence-electron chi connectivity index (χ0n) is 23.4. The van der Waals surface area contributed by atoms with Crippen molar-refractivity contribution >= 4 is 18.1 Å². The Labute approximate surface area is 244 Å². The van der Waals surface area contributed by atoms with Gasteiger partial charge in [0.15, 0.2) is 18.1 Å². The average Bonchev–Trinajstić information content (AvgIpc) is 3.03. The van der Waals surface area contributed by atoms with Crippen LogP contribution in [-0.4, -0.2) is 38.4 Å². The minimum Gasteiger partial charge on any atom is -0.494 e. The van der Waals surface area contributed by atoms with Crippen LogP contribution in [0.25, 0.3) is 0 Å². The third kappa shape index (κ3) is 9.12. The second-order valence-electron chi connectivity index (χ2n) is 9.00. The zero-order valence-corrected chi connectivity index (χ0v) is 23.4. The van der Waals surface area contributed by atoms with Gasteiger partial charge in [0.05, 0.1) is 25.5 Å². The molecular weight excluding hydrogens is 536 g/mol. The number of hydrazone groups is 1. The molecule has 4 rings (SSSR count). The lowest BCUT2D eigenvalue weighted by atomic mass is 10.2. The van der Waals surface area contributed by atoms with Crippen molar-refractivity contribution in [2.75, 3.05) is 20.3 Å². The SMILES string of the molecule is CCCOc1ccc(C(=O)Oc2ccc(/C=N\NC(=O)COc3ccc(OCc4ccccc4)cc3)cc2OC)cc1. The van der Waals surface area contributed by atoms with E-state index in [2.05, 4.69) is 10.5 Å². The van der Waals surface area contributed by atoms with Gasteiger partial charge in [-0.2, -0.15) is 5.10 Å². The summed E-state index contributed by atoms with van der Waals surface area (Å²) in [5.74, 6) is 1.53. The Morgan fingerprint density at radius 2 is 1.45 bits per heavy atom. The Balaban J connectivity index is 1.23. The van der Waals surface area contributed by atoms with Gasteiger partial charge in [0.25, 0.3) is 5.91 Å². The van der Waals surface area contributed by atoms with Gasteiger partial charge in [-0.25, -0.2) is 10.2 Å². The molecule has 0 radical (unpaired) electrons. The molecule has 0 aliphatic carbocycles. The quantitative estimate of drug-likeness (QED) is 0.0886. The van der Waals surface area contributed by atoms with Gasteiger partial charge in [0.2, 0.25) is 0 Å². The molecule has 9 heteroatoms. The molecule has 0 saturated heterocycles. The Hall–Kier alpha value is -5.31. The molecule has 0 aliphatic rings. The molecule has 0 spiro atoms. The van der Waals surface area contributed by atoms with Gasteiger partial charge in [0, 0.05) is 0 Å². The molecule has 0 aliphatic heterocycles. The fraction of sp³-hybridized carbons (Fsp3) is 0.182. The summed E-state index contributed by atoms with van der Waals surface area (Å²) in [7, 11) is 1.47. The van der Waals surface area contributed by atoms with Crippen LogP contribution in [-0.2, 0) is 11.4 Å². The maximum atomic E-state index is 12.6. The lowest BCUT2D eigenvalue weighted by Gasteiger charge is -2.10. The average molecular weight is 569 g/mol. The summed E-state index contributed by atoms with van der Waals surface area (Å²) in [5.41, 5.74) is 4.49. The van der Waals surface area contributed by atoms with Crippen molar-refractivity contribution in [3.8, 4) is 28.7 Å². The van der Waals surface area contributed by atoms with E-state index in [0.29, 0.717) is 47.3 Å². The molecule has 0 bridgehead atoms. The van der Waals surface area contributed by atoms with Gasteiger partial charge < -0.3 is 23.7 Å². The minimum absolute atomic E-state index is 0.217. The van der Waals surface area contributed by atoms with E-state index < -0.39 is 11.9 Å². The summed E-state index contributed by atoms with van der Waals surface area (Å²) < 4.78 is 27.7. The largest absolute Gasteiger partial charge is 0.494 e. The van der Waals surface area contributed by atoms with E-state index in [4.69, 9.17) is 23.7 Å². The summed E-state index contributed by atoms with van der Waals surface area (Å²) >= 11 is 0. The molecule has 9 nitrogen and oxygen atoms in total. The highest BCUT2D eigenvalue weighted by atomic mass is 16.6. The van der Waals surface area contributed by atoms with E-state index in [1.165, 1.54) is 13.3 Å². The highest BCUT2D eigenvalue weighted by Gasteiger charge is 2.13. The Morgan fingerprint density at radius 1 is 0.786 bits per heavy atom. The maximum absolute atomic E-state index is 12.6. The van der Waals surface area contributed by atoms with Crippen LogP contribution < -0.4 is 29.1 Å². The minimum atomic E-state index is -0.529. The number of esters is 1. The summed E-state index contributed by atoms with van der Waals surface area (Å²) in [6.45, 7) is 2.87. The molecule has 216 valence electrons. The van der Waals surface area contributed by atoms with E-state index in [-0.39, 0.29) is 12.4 Å². The van der Waals surface area contributed by atoms with Crippen molar-refractivity contribution in [3.63, 3.8) is 0 Å². The summed E-state index contributed by atoms with van der Waals surface area (Å²) in [6.07, 6.45) is 2.34. The van der Waals surface area contributed by atoms with Crippen LogP contribution in [0, 0.1) is 0 Å². The predicted octanol–water partition coefficient (Wildman–Crippen LogP) is 5.81. The molecule has 0 unspecified atom stereocenters. The molecule has 0 heterocycles. The number of rotatable bonds is 14. The number of nitrogens with one attached hydrogen (secondary N) is 1. The van der Waals surface area contributed by atoms with Crippen LogP contribution in [0.5, 0.6) is 28.7 Å². The van der Waals surface area contributed by atoms with E-state index in [1.807, 2.05) is 37.3 Å². The van der Waals surface area contributed by atoms with Gasteiger partial charge in [-0.15, -0.1) is 0 Å². The standard InChI is InChI=1S/C33H32N2O7/c1-3-19-39-27-12-10-26(11-13-27)33(37)42-30-18-9-25(20-31(30)38-2)21-34-35-32(36)23-41-29-16-14-28(15-17-29)40-22-24-7-5-4-6-8-24/h4-18,20-21H,3,19,22-23H2,1-2H3,(H,35,36)/b34-21-. The highest BCUT2D eigenvalue weighted by Crippen LogP contribution is 2.28. The van der Waals surface area contributed by atoms with Crippen LogP contribution in [0.1, 0.15) is 34.8 Å². The molecule has 0 fully saturated rings. The first kappa shape index (κ1) is 29.7. The van der Waals surface area contributed by atoms with E-state index in [1.54, 1.807) is 66.7 Å². The van der Waals surface area contributed by atoms with Gasteiger partial charge in [-0.1, -0.05) is 37.3 Å². The number of carbonyl (C=O) groups is 2. The molecule has 42 heavy (non-hydrogen) atoms. The number of methoxy groups -OCH3 is 1. The van der Waals surface area contributed by atoms with Gasteiger partial charge in [-0.05, 0) is 84.3 Å². The Bertz CT molecular complexity index is 1470. The predicted molar refractivity (Wildman–Crippen MR) is 159 cm³/mol. The summed E-state index contributed by atoms with van der Waals surface area (Å²) in [4.78, 5) is 24.8. The first-order chi connectivity index (χ1) is 20.5. The second kappa shape index (κ2) is 15.5. The number of hydrogen-bond donors (Lipinski definition) is 1. The molecule has 4 aromatic carbocycles. The lowest BCUT2D eigenvalue weighted by molar-refractivity contribution is -0.123. The van der Waals surface area contributed by atoms with Crippen molar-refractivity contribution in [2.45, 2.75) is 20.0 Å². The first-order valence-corrected chi connectivity index (χ1v) is 13.4. The third-order valence-corrected chi connectivity index (χ3v) is 5.80. The highest BCUT2D eigenvalue weighted by molar-refractivity contribution is 5.92. The van der Waals surface area contributed by atoms with Gasteiger partial charge in [0.1, 0.15) is 23.9 Å². The third-order valence-electron chi connectivity index (χ3n) is 5.80. The molecule has 4 aromatic rings. The van der Waals surface area contributed by atoms with Crippen molar-refractivity contribution in [1.29, 1.82) is 0 Å². The maximum Gasteiger partial charge on any atom is 0.343 e. The van der Waals surface area contributed by atoms with E-state index in [0.717, 1.165) is 12.0 Å². The normalized spacial score (nSPS) is 10.6. The van der Waals surface area contributed by atoms with Gasteiger partial charge in [-0.3, -0.25) is 4.79 Å². The lowest BCUT2D eigenvalue weighted by Crippen LogP contribution is -2.24. The molecule has 0 atom stereocenters. The number of amides is 1. The monoisotopic (exact) mass is 568 g/mol. The fourth-order valence-electron chi connectivity index (χ4n) is 3.65. The summed E-state index contributed by atoms with van der Waals surface area (Å²) in [5, 5.41) is 3.96. The van der Waals surface area contributed by atoms with Crippen molar-refractivity contribution < 1.29 is 33.3 Å². The number of ether oxygens (including phenoxy) is 5. The van der Waals surface area contributed by atoms with Gasteiger partial charge >= 0.3 is 5.97 Å². The number of carbonyl (C=O) groups excluding carboxylic acids is 2. The Kier molecular flexibility index (Phi) is 10.9. The van der Waals surface area contributed by atoms with Crippen molar-refractivity contribution in [2.24, 2.45) is 5.10 Å². The molecular formula is C33H32N2O7. The van der Waals surface area contributed by atoms with Crippen LogP contribution in [0.2, 0.25) is 0 Å². The second-order valence-corrected chi connectivity index (χ2v) is 9.00. The van der Waals surface area contributed by atoms with E-state index >= 15 is 0 Å². The number of benzene rings is 4. The Morgan fingerprint density at radius 3 is 2.14 bits per heavy atom. The van der Waals surface area contributed by atoms with Crippen LogP contribution in [0.4, 0.5) is 0 Å². The zero-order chi connectivity index (χ0) is 29.6. The van der Waals surface area contributed by atoms with Crippen LogP contribution in [0.15, 0.2) is 102 Å². The number of nitrogens with zero attached hydrogens (tertiary/aromatic N) is 1. The molecule has 0 aromatic heterocycles. The van der Waals surface area contributed by atoms with E-state index in [9.17, 15) is 9.59 Å². The van der Waals surface area contributed by atoms with Crippen molar-refractivity contribution in [1.82, 2.24) is 5.43 Å². The number of hydrogen-bond acceptors (Lipinski definition) is 8. The van der Waals surface area contributed by atoms with Crippen molar-refractivity contribution in [3.05, 3.63) is 114 Å². The summed E-state index contributed by atoms with van der Waals surface area (Å²) in [6, 6.07) is 28.5. The van der Waals surface area contributed by atoms with Crippen LogP contribution >= 0.6 is 0 Å².